The predicted molar refractivity (Wildman–Crippen MR) is 107 cm³/mol. The average Bonchev–Trinajstić information content (AvgIpc) is 3.36. The first-order valence-electron chi connectivity index (χ1n) is 9.75. The van der Waals surface area contributed by atoms with E-state index in [1.807, 2.05) is 60.3 Å². The lowest BCUT2D eigenvalue weighted by Crippen LogP contribution is -2.41. The summed E-state index contributed by atoms with van der Waals surface area (Å²) < 4.78 is 7.66. The van der Waals surface area contributed by atoms with Gasteiger partial charge in [-0.1, -0.05) is 12.1 Å². The van der Waals surface area contributed by atoms with Crippen LogP contribution in [0.1, 0.15) is 30.1 Å². The molecule has 0 radical (unpaired) electrons. The van der Waals surface area contributed by atoms with E-state index in [2.05, 4.69) is 16.9 Å². The Morgan fingerprint density at radius 2 is 2.15 bits per heavy atom. The molecule has 3 rings (SSSR count). The first kappa shape index (κ1) is 19.6. The molecule has 0 saturated carbocycles. The minimum absolute atomic E-state index is 0.0667. The number of nitrogens with zero attached hydrogens (tertiary/aromatic N) is 4. The third kappa shape index (κ3) is 5.17. The number of aromatic nitrogens is 2. The highest BCUT2D eigenvalue weighted by molar-refractivity contribution is 5.95. The lowest BCUT2D eigenvalue weighted by atomic mass is 10.1. The molecule has 27 heavy (non-hydrogen) atoms. The van der Waals surface area contributed by atoms with E-state index in [1.165, 1.54) is 0 Å². The molecule has 0 bridgehead atoms. The Bertz CT molecular complexity index is 750. The SMILES string of the molecule is CCn1cc(-c2cccc(C(=O)N(CCN(C)C)C[C@@H]3CCCO3)c2)cn1. The van der Waals surface area contributed by atoms with Crippen molar-refractivity contribution in [3.05, 3.63) is 42.2 Å². The summed E-state index contributed by atoms with van der Waals surface area (Å²) in [5, 5.41) is 4.34. The topological polar surface area (TPSA) is 50.6 Å². The van der Waals surface area contributed by atoms with Gasteiger partial charge in [-0.25, -0.2) is 0 Å². The quantitative estimate of drug-likeness (QED) is 0.717. The normalized spacial score (nSPS) is 16.8. The molecule has 1 aliphatic heterocycles. The monoisotopic (exact) mass is 370 g/mol. The lowest BCUT2D eigenvalue weighted by Gasteiger charge is -2.27. The van der Waals surface area contributed by atoms with E-state index in [4.69, 9.17) is 4.74 Å². The van der Waals surface area contributed by atoms with Gasteiger partial charge >= 0.3 is 0 Å². The molecule has 0 N–H and O–H groups in total. The fourth-order valence-electron chi connectivity index (χ4n) is 3.33. The molecule has 1 fully saturated rings. The second-order valence-corrected chi connectivity index (χ2v) is 7.35. The Balaban J connectivity index is 1.78. The minimum Gasteiger partial charge on any atom is -0.376 e. The van der Waals surface area contributed by atoms with Crippen molar-refractivity contribution >= 4 is 5.91 Å². The van der Waals surface area contributed by atoms with E-state index in [0.717, 1.165) is 43.7 Å². The van der Waals surface area contributed by atoms with Gasteiger partial charge in [0.05, 0.1) is 12.3 Å². The van der Waals surface area contributed by atoms with Crippen molar-refractivity contribution in [1.82, 2.24) is 19.6 Å². The van der Waals surface area contributed by atoms with Gasteiger partial charge in [-0.15, -0.1) is 0 Å². The largest absolute Gasteiger partial charge is 0.376 e. The van der Waals surface area contributed by atoms with Crippen LogP contribution >= 0.6 is 0 Å². The van der Waals surface area contributed by atoms with Crippen LogP contribution in [0.25, 0.3) is 11.1 Å². The smallest absolute Gasteiger partial charge is 0.254 e. The number of ether oxygens (including phenoxy) is 1. The average molecular weight is 370 g/mol. The van der Waals surface area contributed by atoms with Crippen LogP contribution in [0, 0.1) is 0 Å². The maximum Gasteiger partial charge on any atom is 0.254 e. The Hall–Kier alpha value is -2.18. The standard InChI is InChI=1S/C21H30N4O2/c1-4-25-15-19(14-22-25)17-7-5-8-18(13-17)21(26)24(11-10-23(2)3)16-20-9-6-12-27-20/h5,7-8,13-15,20H,4,6,9-12,16H2,1-3H3/t20-/m0/s1. The van der Waals surface area contributed by atoms with Crippen molar-refractivity contribution < 1.29 is 9.53 Å². The van der Waals surface area contributed by atoms with Crippen LogP contribution in [0.5, 0.6) is 0 Å². The van der Waals surface area contributed by atoms with Gasteiger partial charge in [0, 0.05) is 50.1 Å². The van der Waals surface area contributed by atoms with E-state index in [0.29, 0.717) is 18.7 Å². The van der Waals surface area contributed by atoms with E-state index in [-0.39, 0.29) is 12.0 Å². The second-order valence-electron chi connectivity index (χ2n) is 7.35. The highest BCUT2D eigenvalue weighted by Gasteiger charge is 2.23. The van der Waals surface area contributed by atoms with E-state index < -0.39 is 0 Å². The molecule has 1 aromatic carbocycles. The number of hydrogen-bond donors (Lipinski definition) is 0. The van der Waals surface area contributed by atoms with Crippen molar-refractivity contribution in [2.24, 2.45) is 0 Å². The zero-order valence-corrected chi connectivity index (χ0v) is 16.6. The van der Waals surface area contributed by atoms with Crippen LogP contribution in [-0.2, 0) is 11.3 Å². The fourth-order valence-corrected chi connectivity index (χ4v) is 3.33. The number of benzene rings is 1. The molecule has 0 aliphatic carbocycles. The summed E-state index contributed by atoms with van der Waals surface area (Å²) >= 11 is 0. The summed E-state index contributed by atoms with van der Waals surface area (Å²) in [7, 11) is 4.06. The summed E-state index contributed by atoms with van der Waals surface area (Å²) in [6, 6.07) is 7.84. The van der Waals surface area contributed by atoms with E-state index in [1.54, 1.807) is 0 Å². The molecule has 1 aromatic heterocycles. The lowest BCUT2D eigenvalue weighted by molar-refractivity contribution is 0.0512. The molecule has 1 saturated heterocycles. The van der Waals surface area contributed by atoms with Crippen molar-refractivity contribution in [3.8, 4) is 11.1 Å². The number of hydrogen-bond acceptors (Lipinski definition) is 4. The van der Waals surface area contributed by atoms with Crippen LogP contribution in [0.3, 0.4) is 0 Å². The highest BCUT2D eigenvalue weighted by atomic mass is 16.5. The maximum atomic E-state index is 13.2. The van der Waals surface area contributed by atoms with Crippen LogP contribution in [-0.4, -0.2) is 71.9 Å². The Kier molecular flexibility index (Phi) is 6.63. The Labute approximate surface area is 161 Å². The van der Waals surface area contributed by atoms with Gasteiger partial charge in [0.25, 0.3) is 5.91 Å². The summed E-state index contributed by atoms with van der Waals surface area (Å²) in [4.78, 5) is 17.3. The van der Waals surface area contributed by atoms with Gasteiger partial charge in [-0.2, -0.15) is 5.10 Å². The van der Waals surface area contributed by atoms with E-state index >= 15 is 0 Å². The summed E-state index contributed by atoms with van der Waals surface area (Å²) in [6.07, 6.45) is 6.13. The number of carbonyl (C=O) groups is 1. The van der Waals surface area contributed by atoms with Crippen molar-refractivity contribution in [1.29, 1.82) is 0 Å². The zero-order chi connectivity index (χ0) is 19.2. The Morgan fingerprint density at radius 1 is 1.30 bits per heavy atom. The highest BCUT2D eigenvalue weighted by Crippen LogP contribution is 2.21. The number of likely N-dealkylation sites (N-methyl/N-ethyl adjacent to an activating group) is 1. The summed E-state index contributed by atoms with van der Waals surface area (Å²) in [6.45, 7) is 5.88. The molecular formula is C21H30N4O2. The first-order chi connectivity index (χ1) is 13.1. The Morgan fingerprint density at radius 3 is 2.81 bits per heavy atom. The van der Waals surface area contributed by atoms with E-state index in [9.17, 15) is 4.79 Å². The molecule has 2 heterocycles. The van der Waals surface area contributed by atoms with Crippen molar-refractivity contribution in [2.75, 3.05) is 40.3 Å². The second kappa shape index (κ2) is 9.15. The number of carbonyl (C=O) groups excluding carboxylic acids is 1. The molecule has 146 valence electrons. The van der Waals surface area contributed by atoms with Gasteiger partial charge in [0.15, 0.2) is 0 Å². The zero-order valence-electron chi connectivity index (χ0n) is 16.6. The molecule has 6 nitrogen and oxygen atoms in total. The van der Waals surface area contributed by atoms with Gasteiger partial charge in [0.2, 0.25) is 0 Å². The van der Waals surface area contributed by atoms with Crippen LogP contribution < -0.4 is 0 Å². The number of rotatable bonds is 8. The molecule has 1 atom stereocenters. The molecular weight excluding hydrogens is 340 g/mol. The molecule has 6 heteroatoms. The summed E-state index contributed by atoms with van der Waals surface area (Å²) in [5.74, 6) is 0.0667. The summed E-state index contributed by atoms with van der Waals surface area (Å²) in [5.41, 5.74) is 2.77. The first-order valence-corrected chi connectivity index (χ1v) is 9.75. The molecule has 0 unspecified atom stereocenters. The predicted octanol–water partition coefficient (Wildman–Crippen LogP) is 2.75. The maximum absolute atomic E-state index is 13.2. The number of amides is 1. The van der Waals surface area contributed by atoms with Gasteiger partial charge in [0.1, 0.15) is 0 Å². The third-order valence-corrected chi connectivity index (χ3v) is 4.95. The number of aryl methyl sites for hydroxylation is 1. The molecule has 1 aliphatic rings. The molecule has 2 aromatic rings. The van der Waals surface area contributed by atoms with Gasteiger partial charge in [-0.3, -0.25) is 9.48 Å². The molecule has 0 spiro atoms. The van der Waals surface area contributed by atoms with Crippen LogP contribution in [0.2, 0.25) is 0 Å². The fraction of sp³-hybridized carbons (Fsp3) is 0.524. The third-order valence-electron chi connectivity index (χ3n) is 4.95. The van der Waals surface area contributed by atoms with Crippen LogP contribution in [0.4, 0.5) is 0 Å². The van der Waals surface area contributed by atoms with Crippen LogP contribution in [0.15, 0.2) is 36.7 Å². The minimum atomic E-state index is 0.0667. The van der Waals surface area contributed by atoms with Crippen molar-refractivity contribution in [2.45, 2.75) is 32.4 Å². The molecule has 1 amide bonds. The van der Waals surface area contributed by atoms with Crippen molar-refractivity contribution in [3.63, 3.8) is 0 Å². The van der Waals surface area contributed by atoms with Gasteiger partial charge < -0.3 is 14.5 Å². The van der Waals surface area contributed by atoms with Gasteiger partial charge in [-0.05, 0) is 51.6 Å².